The molecule has 0 heterocycles. The van der Waals surface area contributed by atoms with E-state index in [2.05, 4.69) is 11.3 Å². The van der Waals surface area contributed by atoms with Crippen LogP contribution in [0.3, 0.4) is 0 Å². The number of hydrogen-bond acceptors (Lipinski definition) is 2. The van der Waals surface area contributed by atoms with Gasteiger partial charge in [0.05, 0.1) is 0 Å². The molecular formula is C10H12ClNO2S. The van der Waals surface area contributed by atoms with E-state index >= 15 is 0 Å². The molecule has 3 nitrogen and oxygen atoms in total. The summed E-state index contributed by atoms with van der Waals surface area (Å²) in [6.07, 6.45) is 0. The molecule has 0 radical (unpaired) electrons. The molecule has 0 amide bonds. The Hall–Kier alpha value is -0.840. The number of nitrogens with one attached hydrogen (secondary N) is 1. The predicted octanol–water partition coefficient (Wildman–Crippen LogP) is 2.21. The van der Waals surface area contributed by atoms with Crippen LogP contribution >= 0.6 is 11.6 Å². The molecule has 0 atom stereocenters. The molecule has 0 aliphatic rings. The van der Waals surface area contributed by atoms with Crippen LogP contribution < -0.4 is 4.72 Å². The standard InChI is InChI=1S/C10H12ClNO2S/c1-3-15(13,14)12-7-9-6-8(2)4-5-10(9)11/h3-6,12H,1,7H2,2H3. The Bertz CT molecular complexity index is 468. The quantitative estimate of drug-likeness (QED) is 0.884. The Morgan fingerprint density at radius 2 is 2.20 bits per heavy atom. The fourth-order valence-electron chi connectivity index (χ4n) is 1.08. The maximum atomic E-state index is 11.1. The van der Waals surface area contributed by atoms with Crippen molar-refractivity contribution >= 4 is 21.6 Å². The van der Waals surface area contributed by atoms with Crippen LogP contribution in [0.4, 0.5) is 0 Å². The van der Waals surface area contributed by atoms with Crippen molar-refractivity contribution in [1.82, 2.24) is 4.72 Å². The molecule has 1 N–H and O–H groups in total. The molecule has 0 saturated heterocycles. The summed E-state index contributed by atoms with van der Waals surface area (Å²) < 4.78 is 24.6. The summed E-state index contributed by atoms with van der Waals surface area (Å²) in [6, 6.07) is 5.45. The summed E-state index contributed by atoms with van der Waals surface area (Å²) in [4.78, 5) is 0. The zero-order valence-electron chi connectivity index (χ0n) is 8.33. The first-order valence-corrected chi connectivity index (χ1v) is 6.24. The van der Waals surface area contributed by atoms with Crippen LogP contribution in [0.15, 0.2) is 30.2 Å². The van der Waals surface area contributed by atoms with Gasteiger partial charge in [-0.3, -0.25) is 0 Å². The number of benzene rings is 1. The molecule has 0 saturated carbocycles. The van der Waals surface area contributed by atoms with Crippen molar-refractivity contribution in [3.63, 3.8) is 0 Å². The number of halogens is 1. The van der Waals surface area contributed by atoms with Gasteiger partial charge in [-0.25, -0.2) is 13.1 Å². The molecule has 1 aromatic rings. The Balaban J connectivity index is 2.82. The van der Waals surface area contributed by atoms with E-state index in [9.17, 15) is 8.42 Å². The van der Waals surface area contributed by atoms with E-state index in [1.807, 2.05) is 19.1 Å². The van der Waals surface area contributed by atoms with Gasteiger partial charge in [0.25, 0.3) is 0 Å². The van der Waals surface area contributed by atoms with Crippen LogP contribution in [0.1, 0.15) is 11.1 Å². The second-order valence-corrected chi connectivity index (χ2v) is 5.25. The van der Waals surface area contributed by atoms with Gasteiger partial charge in [0, 0.05) is 17.0 Å². The van der Waals surface area contributed by atoms with Gasteiger partial charge in [0.1, 0.15) is 0 Å². The first kappa shape index (κ1) is 12.2. The Morgan fingerprint density at radius 3 is 2.80 bits per heavy atom. The Kier molecular flexibility index (Phi) is 3.90. The van der Waals surface area contributed by atoms with Crippen molar-refractivity contribution in [2.75, 3.05) is 0 Å². The minimum atomic E-state index is -3.39. The molecule has 1 aromatic carbocycles. The minimum absolute atomic E-state index is 0.175. The first-order chi connectivity index (χ1) is 6.94. The fraction of sp³-hybridized carbons (Fsp3) is 0.200. The molecule has 0 aromatic heterocycles. The molecule has 0 aliphatic heterocycles. The smallest absolute Gasteiger partial charge is 0.208 e. The summed E-state index contributed by atoms with van der Waals surface area (Å²) >= 11 is 5.91. The summed E-state index contributed by atoms with van der Waals surface area (Å²) in [5.74, 6) is 0. The van der Waals surface area contributed by atoms with E-state index in [1.165, 1.54) is 0 Å². The van der Waals surface area contributed by atoms with Crippen molar-refractivity contribution in [3.8, 4) is 0 Å². The van der Waals surface area contributed by atoms with Crippen LogP contribution in [0, 0.1) is 6.92 Å². The number of rotatable bonds is 4. The Morgan fingerprint density at radius 1 is 1.53 bits per heavy atom. The summed E-state index contributed by atoms with van der Waals surface area (Å²) in [6.45, 7) is 5.30. The van der Waals surface area contributed by atoms with E-state index in [1.54, 1.807) is 6.07 Å². The zero-order chi connectivity index (χ0) is 11.5. The molecule has 0 bridgehead atoms. The molecule has 0 fully saturated rings. The van der Waals surface area contributed by atoms with Gasteiger partial charge in [0.2, 0.25) is 10.0 Å². The number of aryl methyl sites for hydroxylation is 1. The van der Waals surface area contributed by atoms with Gasteiger partial charge in [-0.15, -0.1) is 0 Å². The van der Waals surface area contributed by atoms with E-state index in [4.69, 9.17) is 11.6 Å². The van der Waals surface area contributed by atoms with E-state index < -0.39 is 10.0 Å². The maximum Gasteiger partial charge on any atom is 0.233 e. The second kappa shape index (κ2) is 4.79. The molecule has 0 unspecified atom stereocenters. The van der Waals surface area contributed by atoms with Crippen LogP contribution in [0.2, 0.25) is 5.02 Å². The van der Waals surface area contributed by atoms with Crippen LogP contribution in [0.5, 0.6) is 0 Å². The monoisotopic (exact) mass is 245 g/mol. The Labute approximate surface area is 94.8 Å². The van der Waals surface area contributed by atoms with Crippen molar-refractivity contribution in [2.24, 2.45) is 0 Å². The lowest BCUT2D eigenvalue weighted by atomic mass is 10.1. The SMILES string of the molecule is C=CS(=O)(=O)NCc1cc(C)ccc1Cl. The lowest BCUT2D eigenvalue weighted by Gasteiger charge is -2.06. The molecule has 0 aliphatic carbocycles. The van der Waals surface area contributed by atoms with Crippen molar-refractivity contribution in [3.05, 3.63) is 46.3 Å². The molecule has 1 rings (SSSR count). The maximum absolute atomic E-state index is 11.1. The fourth-order valence-corrected chi connectivity index (χ4v) is 1.74. The average Bonchev–Trinajstić information content (AvgIpc) is 2.20. The van der Waals surface area contributed by atoms with Gasteiger partial charge < -0.3 is 0 Å². The highest BCUT2D eigenvalue weighted by Gasteiger charge is 2.06. The summed E-state index contributed by atoms with van der Waals surface area (Å²) in [7, 11) is -3.39. The van der Waals surface area contributed by atoms with Crippen LogP contribution in [-0.4, -0.2) is 8.42 Å². The zero-order valence-corrected chi connectivity index (χ0v) is 9.90. The van der Waals surface area contributed by atoms with Gasteiger partial charge in [-0.05, 0) is 18.6 Å². The van der Waals surface area contributed by atoms with Crippen molar-refractivity contribution in [2.45, 2.75) is 13.5 Å². The topological polar surface area (TPSA) is 46.2 Å². The van der Waals surface area contributed by atoms with Crippen molar-refractivity contribution in [1.29, 1.82) is 0 Å². The van der Waals surface area contributed by atoms with E-state index in [0.717, 1.165) is 16.5 Å². The molecule has 15 heavy (non-hydrogen) atoms. The summed E-state index contributed by atoms with van der Waals surface area (Å²) in [5.41, 5.74) is 1.79. The highest BCUT2D eigenvalue weighted by molar-refractivity contribution is 7.92. The van der Waals surface area contributed by atoms with Crippen molar-refractivity contribution < 1.29 is 8.42 Å². The third kappa shape index (κ3) is 3.66. The van der Waals surface area contributed by atoms with E-state index in [0.29, 0.717) is 5.02 Å². The normalized spacial score (nSPS) is 11.3. The van der Waals surface area contributed by atoms with Gasteiger partial charge in [-0.1, -0.05) is 35.9 Å². The second-order valence-electron chi connectivity index (χ2n) is 3.13. The lowest BCUT2D eigenvalue weighted by Crippen LogP contribution is -2.20. The average molecular weight is 246 g/mol. The predicted molar refractivity (Wildman–Crippen MR) is 62.1 cm³/mol. The highest BCUT2D eigenvalue weighted by atomic mass is 35.5. The van der Waals surface area contributed by atoms with Gasteiger partial charge in [-0.2, -0.15) is 0 Å². The largest absolute Gasteiger partial charge is 0.233 e. The van der Waals surface area contributed by atoms with Crippen LogP contribution in [0.25, 0.3) is 0 Å². The molecule has 5 heteroatoms. The molecular weight excluding hydrogens is 234 g/mol. The third-order valence-corrected chi connectivity index (χ3v) is 3.24. The first-order valence-electron chi connectivity index (χ1n) is 4.32. The van der Waals surface area contributed by atoms with Gasteiger partial charge in [0.15, 0.2) is 0 Å². The van der Waals surface area contributed by atoms with Gasteiger partial charge >= 0.3 is 0 Å². The number of sulfonamides is 1. The lowest BCUT2D eigenvalue weighted by molar-refractivity contribution is 0.590. The summed E-state index contributed by atoms with van der Waals surface area (Å²) in [5, 5.41) is 1.42. The molecule has 82 valence electrons. The van der Waals surface area contributed by atoms with Crippen LogP contribution in [-0.2, 0) is 16.6 Å². The highest BCUT2D eigenvalue weighted by Crippen LogP contribution is 2.17. The number of hydrogen-bond donors (Lipinski definition) is 1. The molecule has 0 spiro atoms. The minimum Gasteiger partial charge on any atom is -0.208 e. The van der Waals surface area contributed by atoms with E-state index in [-0.39, 0.29) is 6.54 Å². The third-order valence-electron chi connectivity index (χ3n) is 1.88.